The minimum atomic E-state index is -0.690. The van der Waals surface area contributed by atoms with Gasteiger partial charge in [-0.1, -0.05) is 6.92 Å². The van der Waals surface area contributed by atoms with Crippen LogP contribution in [0.15, 0.2) is 0 Å². The normalized spacial score (nSPS) is 24.1. The van der Waals surface area contributed by atoms with E-state index < -0.39 is 5.97 Å². The Hall–Kier alpha value is -0.220. The van der Waals surface area contributed by atoms with Crippen molar-refractivity contribution in [2.24, 2.45) is 0 Å². The molecule has 0 aliphatic carbocycles. The summed E-state index contributed by atoms with van der Waals surface area (Å²) in [7, 11) is 0. The molecule has 1 aliphatic rings. The van der Waals surface area contributed by atoms with Crippen LogP contribution in [-0.4, -0.2) is 46.1 Å². The lowest BCUT2D eigenvalue weighted by Crippen LogP contribution is -2.45. The lowest BCUT2D eigenvalue weighted by molar-refractivity contribution is -0.138. The van der Waals surface area contributed by atoms with Crippen molar-refractivity contribution in [2.75, 3.05) is 18.1 Å². The highest BCUT2D eigenvalue weighted by Gasteiger charge is 2.25. The van der Waals surface area contributed by atoms with E-state index in [2.05, 4.69) is 11.8 Å². The summed E-state index contributed by atoms with van der Waals surface area (Å²) in [4.78, 5) is 13.0. The minimum absolute atomic E-state index is 0.163. The van der Waals surface area contributed by atoms with Crippen molar-refractivity contribution in [3.8, 4) is 0 Å². The summed E-state index contributed by atoms with van der Waals surface area (Å²) >= 11 is 1.99. The molecule has 0 saturated carbocycles. The Labute approximate surface area is 96.2 Å². The Morgan fingerprint density at radius 3 is 2.87 bits per heavy atom. The molecule has 1 N–H and O–H groups in total. The SMILES string of the molecule is CCN(C(C)CC(=O)O)C1CCCSC1. The maximum absolute atomic E-state index is 10.7. The maximum atomic E-state index is 10.7. The van der Waals surface area contributed by atoms with Gasteiger partial charge in [0.1, 0.15) is 0 Å². The molecule has 2 unspecified atom stereocenters. The maximum Gasteiger partial charge on any atom is 0.304 e. The molecule has 0 aromatic carbocycles. The van der Waals surface area contributed by atoms with Gasteiger partial charge in [-0.15, -0.1) is 0 Å². The van der Waals surface area contributed by atoms with Gasteiger partial charge < -0.3 is 5.11 Å². The topological polar surface area (TPSA) is 40.5 Å². The molecular formula is C11H21NO2S. The van der Waals surface area contributed by atoms with E-state index in [0.29, 0.717) is 6.04 Å². The molecule has 0 spiro atoms. The molecule has 0 aromatic heterocycles. The van der Waals surface area contributed by atoms with Gasteiger partial charge in [-0.3, -0.25) is 9.69 Å². The lowest BCUT2D eigenvalue weighted by Gasteiger charge is -2.37. The summed E-state index contributed by atoms with van der Waals surface area (Å²) < 4.78 is 0. The summed E-state index contributed by atoms with van der Waals surface area (Å²) in [6.45, 7) is 5.11. The molecule has 1 fully saturated rings. The van der Waals surface area contributed by atoms with Gasteiger partial charge >= 0.3 is 5.97 Å². The van der Waals surface area contributed by atoms with E-state index in [4.69, 9.17) is 5.11 Å². The summed E-state index contributed by atoms with van der Waals surface area (Å²) in [5.74, 6) is 1.74. The molecule has 4 heteroatoms. The summed E-state index contributed by atoms with van der Waals surface area (Å²) in [5.41, 5.74) is 0. The molecule has 0 amide bonds. The number of nitrogens with zero attached hydrogens (tertiary/aromatic N) is 1. The number of rotatable bonds is 5. The van der Waals surface area contributed by atoms with Gasteiger partial charge in [0.05, 0.1) is 6.42 Å². The molecular weight excluding hydrogens is 210 g/mol. The van der Waals surface area contributed by atoms with Gasteiger partial charge in [0.2, 0.25) is 0 Å². The van der Waals surface area contributed by atoms with E-state index in [1.165, 1.54) is 18.6 Å². The average Bonchev–Trinajstić information content (AvgIpc) is 2.19. The van der Waals surface area contributed by atoms with E-state index in [-0.39, 0.29) is 12.5 Å². The fraction of sp³-hybridized carbons (Fsp3) is 0.909. The second-order valence-corrected chi connectivity index (χ2v) is 5.30. The fourth-order valence-electron chi connectivity index (χ4n) is 2.29. The van der Waals surface area contributed by atoms with Crippen molar-refractivity contribution in [3.05, 3.63) is 0 Å². The quantitative estimate of drug-likeness (QED) is 0.786. The predicted octanol–water partition coefficient (Wildman–Crippen LogP) is 2.07. The van der Waals surface area contributed by atoms with Gasteiger partial charge in [0.25, 0.3) is 0 Å². The zero-order valence-corrected chi connectivity index (χ0v) is 10.4. The van der Waals surface area contributed by atoms with E-state index in [1.54, 1.807) is 0 Å². The van der Waals surface area contributed by atoms with Crippen molar-refractivity contribution in [1.82, 2.24) is 4.90 Å². The minimum Gasteiger partial charge on any atom is -0.481 e. The van der Waals surface area contributed by atoms with E-state index in [1.807, 2.05) is 18.7 Å². The second kappa shape index (κ2) is 6.38. The van der Waals surface area contributed by atoms with Crippen LogP contribution < -0.4 is 0 Å². The van der Waals surface area contributed by atoms with Crippen LogP contribution >= 0.6 is 11.8 Å². The lowest BCUT2D eigenvalue weighted by atomic mass is 10.1. The summed E-state index contributed by atoms with van der Waals surface area (Å²) in [6.07, 6.45) is 2.76. The molecule has 1 rings (SSSR count). The van der Waals surface area contributed by atoms with E-state index in [0.717, 1.165) is 12.3 Å². The zero-order valence-electron chi connectivity index (χ0n) is 9.61. The number of aliphatic carboxylic acids is 1. The average molecular weight is 231 g/mol. The first-order valence-corrected chi connectivity index (χ1v) is 6.86. The number of hydrogen-bond acceptors (Lipinski definition) is 3. The molecule has 15 heavy (non-hydrogen) atoms. The van der Waals surface area contributed by atoms with Gasteiger partial charge in [0, 0.05) is 17.8 Å². The Balaban J connectivity index is 2.48. The fourth-order valence-corrected chi connectivity index (χ4v) is 3.45. The summed E-state index contributed by atoms with van der Waals surface area (Å²) in [6, 6.07) is 0.749. The van der Waals surface area contributed by atoms with Crippen molar-refractivity contribution >= 4 is 17.7 Å². The van der Waals surface area contributed by atoms with Crippen LogP contribution in [0.3, 0.4) is 0 Å². The number of carboxylic acids is 1. The molecule has 1 saturated heterocycles. The Kier molecular flexibility index (Phi) is 5.47. The molecule has 88 valence electrons. The molecule has 1 aliphatic heterocycles. The first-order valence-electron chi connectivity index (χ1n) is 5.70. The first-order chi connectivity index (χ1) is 7.15. The largest absolute Gasteiger partial charge is 0.481 e. The standard InChI is InChI=1S/C11H21NO2S/c1-3-12(9(2)7-11(13)14)10-5-4-6-15-8-10/h9-10H,3-8H2,1-2H3,(H,13,14). The predicted molar refractivity (Wildman–Crippen MR) is 64.4 cm³/mol. The van der Waals surface area contributed by atoms with Gasteiger partial charge in [-0.05, 0) is 32.1 Å². The van der Waals surface area contributed by atoms with Crippen LogP contribution in [0.1, 0.15) is 33.1 Å². The van der Waals surface area contributed by atoms with Crippen LogP contribution in [0.2, 0.25) is 0 Å². The van der Waals surface area contributed by atoms with Crippen LogP contribution in [0.4, 0.5) is 0 Å². The summed E-state index contributed by atoms with van der Waals surface area (Å²) in [5, 5.41) is 8.79. The highest BCUT2D eigenvalue weighted by molar-refractivity contribution is 7.99. The smallest absolute Gasteiger partial charge is 0.304 e. The highest BCUT2D eigenvalue weighted by Crippen LogP contribution is 2.23. The molecule has 0 radical (unpaired) electrons. The van der Waals surface area contributed by atoms with E-state index in [9.17, 15) is 4.79 Å². The molecule has 2 atom stereocenters. The van der Waals surface area contributed by atoms with Gasteiger partial charge in [-0.25, -0.2) is 0 Å². The van der Waals surface area contributed by atoms with Crippen molar-refractivity contribution in [3.63, 3.8) is 0 Å². The van der Waals surface area contributed by atoms with Crippen molar-refractivity contribution in [1.29, 1.82) is 0 Å². The number of thioether (sulfide) groups is 1. The number of hydrogen-bond donors (Lipinski definition) is 1. The highest BCUT2D eigenvalue weighted by atomic mass is 32.2. The number of carbonyl (C=O) groups is 1. The molecule has 1 heterocycles. The van der Waals surface area contributed by atoms with Gasteiger partial charge in [0.15, 0.2) is 0 Å². The first kappa shape index (κ1) is 12.8. The van der Waals surface area contributed by atoms with Crippen LogP contribution in [0.25, 0.3) is 0 Å². The number of carboxylic acid groups (broad SMARTS) is 1. The van der Waals surface area contributed by atoms with Crippen molar-refractivity contribution in [2.45, 2.75) is 45.2 Å². The van der Waals surface area contributed by atoms with Crippen LogP contribution in [0.5, 0.6) is 0 Å². The Bertz CT molecular complexity index is 205. The molecule has 3 nitrogen and oxygen atoms in total. The molecule has 0 aromatic rings. The van der Waals surface area contributed by atoms with Crippen LogP contribution in [-0.2, 0) is 4.79 Å². The Morgan fingerprint density at radius 1 is 1.67 bits per heavy atom. The van der Waals surface area contributed by atoms with Crippen LogP contribution in [0, 0.1) is 0 Å². The third-order valence-electron chi connectivity index (χ3n) is 3.01. The zero-order chi connectivity index (χ0) is 11.3. The van der Waals surface area contributed by atoms with E-state index >= 15 is 0 Å². The van der Waals surface area contributed by atoms with Gasteiger partial charge in [-0.2, -0.15) is 11.8 Å². The second-order valence-electron chi connectivity index (χ2n) is 4.15. The third-order valence-corrected chi connectivity index (χ3v) is 4.20. The molecule has 0 bridgehead atoms. The Morgan fingerprint density at radius 2 is 2.40 bits per heavy atom. The van der Waals surface area contributed by atoms with Crippen molar-refractivity contribution < 1.29 is 9.90 Å². The third kappa shape index (κ3) is 4.03. The monoisotopic (exact) mass is 231 g/mol.